The van der Waals surface area contributed by atoms with E-state index in [9.17, 15) is 10.2 Å². The van der Waals surface area contributed by atoms with Crippen LogP contribution in [0.5, 0.6) is 11.5 Å². The lowest BCUT2D eigenvalue weighted by Crippen LogP contribution is -2.12. The number of phenols is 2. The largest absolute Gasteiger partial charge is 0.507 e. The van der Waals surface area contributed by atoms with E-state index in [1.54, 1.807) is 12.4 Å². The first-order chi connectivity index (χ1) is 13.8. The lowest BCUT2D eigenvalue weighted by molar-refractivity contribution is 0.445. The highest BCUT2D eigenvalue weighted by molar-refractivity contribution is 5.85. The number of hydrogen-bond acceptors (Lipinski definition) is 4. The Bertz CT molecular complexity index is 879. The van der Waals surface area contributed by atoms with E-state index in [0.29, 0.717) is 24.6 Å². The molecule has 0 aliphatic carbocycles. The van der Waals surface area contributed by atoms with E-state index in [1.807, 2.05) is 38.1 Å². The molecule has 0 saturated carbocycles. The van der Waals surface area contributed by atoms with E-state index in [-0.39, 0.29) is 10.8 Å². The molecule has 2 aromatic rings. The summed E-state index contributed by atoms with van der Waals surface area (Å²) in [7, 11) is 0. The van der Waals surface area contributed by atoms with Crippen LogP contribution in [0.15, 0.2) is 34.3 Å². The minimum atomic E-state index is -0.134. The average molecular weight is 409 g/mol. The number of aromatic hydroxyl groups is 2. The Morgan fingerprint density at radius 3 is 1.30 bits per heavy atom. The van der Waals surface area contributed by atoms with Crippen LogP contribution in [-0.4, -0.2) is 35.7 Å². The van der Waals surface area contributed by atoms with Gasteiger partial charge in [0.25, 0.3) is 0 Å². The maximum Gasteiger partial charge on any atom is 0.128 e. The van der Waals surface area contributed by atoms with E-state index in [4.69, 9.17) is 0 Å². The molecule has 0 saturated heterocycles. The van der Waals surface area contributed by atoms with Crippen LogP contribution >= 0.6 is 0 Å². The summed E-state index contributed by atoms with van der Waals surface area (Å²) in [5.74, 6) is 0.583. The molecule has 0 heterocycles. The summed E-state index contributed by atoms with van der Waals surface area (Å²) in [6.45, 7) is 17.6. The predicted octanol–water partition coefficient (Wildman–Crippen LogP) is 5.85. The minimum absolute atomic E-state index is 0.134. The highest BCUT2D eigenvalue weighted by Gasteiger charge is 2.21. The molecule has 0 aromatic heterocycles. The molecule has 30 heavy (non-hydrogen) atoms. The van der Waals surface area contributed by atoms with Crippen molar-refractivity contribution in [3.05, 3.63) is 57.6 Å². The lowest BCUT2D eigenvalue weighted by Gasteiger charge is -2.22. The number of nitrogens with zero attached hydrogens (tertiary/aromatic N) is 2. The van der Waals surface area contributed by atoms with Gasteiger partial charge in [-0.1, -0.05) is 53.7 Å². The predicted molar refractivity (Wildman–Crippen MR) is 128 cm³/mol. The van der Waals surface area contributed by atoms with E-state index in [2.05, 4.69) is 51.5 Å². The zero-order chi connectivity index (χ0) is 22.7. The zero-order valence-electron chi connectivity index (χ0n) is 19.7. The summed E-state index contributed by atoms with van der Waals surface area (Å²) in [5, 5.41) is 21.2. The number of rotatable bonds is 5. The second kappa shape index (κ2) is 9.03. The number of benzene rings is 2. The van der Waals surface area contributed by atoms with Crippen LogP contribution in [0, 0.1) is 13.8 Å². The van der Waals surface area contributed by atoms with Crippen LogP contribution in [-0.2, 0) is 10.8 Å². The molecular formula is C26H36N2O2. The summed E-state index contributed by atoms with van der Waals surface area (Å²) in [5.41, 5.74) is 5.24. The highest BCUT2D eigenvalue weighted by Crippen LogP contribution is 2.34. The molecule has 2 rings (SSSR count). The van der Waals surface area contributed by atoms with E-state index in [0.717, 1.165) is 33.4 Å². The normalized spacial score (nSPS) is 12.9. The van der Waals surface area contributed by atoms with E-state index < -0.39 is 0 Å². The number of phenolic OH excluding ortho intramolecular Hbond substituents is 2. The highest BCUT2D eigenvalue weighted by atomic mass is 16.3. The van der Waals surface area contributed by atoms with Gasteiger partial charge >= 0.3 is 0 Å². The van der Waals surface area contributed by atoms with Crippen molar-refractivity contribution in [2.24, 2.45) is 9.98 Å². The van der Waals surface area contributed by atoms with Crippen molar-refractivity contribution in [2.75, 3.05) is 13.1 Å². The fourth-order valence-electron chi connectivity index (χ4n) is 3.40. The zero-order valence-corrected chi connectivity index (χ0v) is 19.7. The third-order valence-electron chi connectivity index (χ3n) is 5.00. The van der Waals surface area contributed by atoms with E-state index in [1.165, 1.54) is 0 Å². The molecule has 0 spiro atoms. The first-order valence-electron chi connectivity index (χ1n) is 10.5. The number of aliphatic imine (C=N–C) groups is 2. The van der Waals surface area contributed by atoms with Crippen LogP contribution in [0.4, 0.5) is 0 Å². The smallest absolute Gasteiger partial charge is 0.128 e. The topological polar surface area (TPSA) is 65.2 Å². The average Bonchev–Trinajstić information content (AvgIpc) is 2.60. The molecule has 0 unspecified atom stereocenters. The van der Waals surface area contributed by atoms with Gasteiger partial charge in [0, 0.05) is 34.7 Å². The van der Waals surface area contributed by atoms with Gasteiger partial charge in [0.15, 0.2) is 0 Å². The maximum atomic E-state index is 10.6. The molecule has 2 aromatic carbocycles. The van der Waals surface area contributed by atoms with Crippen molar-refractivity contribution in [3.63, 3.8) is 0 Å². The van der Waals surface area contributed by atoms with Gasteiger partial charge in [-0.3, -0.25) is 9.98 Å². The third-order valence-corrected chi connectivity index (χ3v) is 5.00. The third kappa shape index (κ3) is 5.94. The summed E-state index contributed by atoms with van der Waals surface area (Å²) in [6, 6.07) is 7.93. The molecule has 4 nitrogen and oxygen atoms in total. The molecule has 162 valence electrons. The Kier molecular flexibility index (Phi) is 7.12. The van der Waals surface area contributed by atoms with Crippen molar-refractivity contribution >= 4 is 12.4 Å². The van der Waals surface area contributed by atoms with Crippen molar-refractivity contribution in [3.8, 4) is 11.5 Å². The SMILES string of the molecule is Cc1cc(C=NCCN=Cc2cc(C)cc(C(C)(C)C)c2O)c(O)c(C(C)(C)C)c1. The van der Waals surface area contributed by atoms with Gasteiger partial charge in [0.1, 0.15) is 11.5 Å². The first kappa shape index (κ1) is 23.7. The van der Waals surface area contributed by atoms with Crippen LogP contribution in [0.2, 0.25) is 0 Å². The summed E-state index contributed by atoms with van der Waals surface area (Å²) in [4.78, 5) is 8.87. The molecule has 0 atom stereocenters. The Hall–Kier alpha value is -2.62. The second-order valence-corrected chi connectivity index (χ2v) is 10.1. The van der Waals surface area contributed by atoms with Gasteiger partial charge in [-0.15, -0.1) is 0 Å². The molecule has 0 amide bonds. The Morgan fingerprint density at radius 1 is 0.667 bits per heavy atom. The molecule has 0 fully saturated rings. The standard InChI is InChI=1S/C26H36N2O2/c1-17-11-19(23(29)21(13-17)25(3,4)5)15-27-9-10-28-16-20-12-18(2)14-22(24(20)30)26(6,7)8/h11-16,29-30H,9-10H2,1-8H3. The van der Waals surface area contributed by atoms with Crippen molar-refractivity contribution < 1.29 is 10.2 Å². The fraction of sp³-hybridized carbons (Fsp3) is 0.462. The van der Waals surface area contributed by atoms with Crippen molar-refractivity contribution in [2.45, 2.75) is 66.2 Å². The van der Waals surface area contributed by atoms with Gasteiger partial charge in [-0.2, -0.15) is 0 Å². The molecule has 0 bridgehead atoms. The van der Waals surface area contributed by atoms with E-state index >= 15 is 0 Å². The van der Waals surface area contributed by atoms with Crippen molar-refractivity contribution in [1.82, 2.24) is 0 Å². The monoisotopic (exact) mass is 408 g/mol. The molecule has 0 radical (unpaired) electrons. The van der Waals surface area contributed by atoms with Gasteiger partial charge in [0.2, 0.25) is 0 Å². The van der Waals surface area contributed by atoms with Crippen LogP contribution in [0.3, 0.4) is 0 Å². The van der Waals surface area contributed by atoms with Crippen molar-refractivity contribution in [1.29, 1.82) is 0 Å². The number of hydrogen-bond donors (Lipinski definition) is 2. The Balaban J connectivity index is 2.09. The van der Waals surface area contributed by atoms with Gasteiger partial charge in [-0.05, 0) is 47.9 Å². The molecular weight excluding hydrogens is 372 g/mol. The Morgan fingerprint density at radius 2 is 1.00 bits per heavy atom. The second-order valence-electron chi connectivity index (χ2n) is 10.1. The van der Waals surface area contributed by atoms with Crippen LogP contribution < -0.4 is 0 Å². The van der Waals surface area contributed by atoms with Gasteiger partial charge in [-0.25, -0.2) is 0 Å². The number of aryl methyl sites for hydroxylation is 2. The fourth-order valence-corrected chi connectivity index (χ4v) is 3.40. The van der Waals surface area contributed by atoms with Gasteiger partial charge in [0.05, 0.1) is 13.1 Å². The summed E-state index contributed by atoms with van der Waals surface area (Å²) in [6.07, 6.45) is 3.43. The molecule has 0 aliphatic heterocycles. The summed E-state index contributed by atoms with van der Waals surface area (Å²) < 4.78 is 0. The molecule has 0 aliphatic rings. The van der Waals surface area contributed by atoms with Gasteiger partial charge < -0.3 is 10.2 Å². The Labute approximate surface area is 181 Å². The first-order valence-corrected chi connectivity index (χ1v) is 10.5. The lowest BCUT2D eigenvalue weighted by atomic mass is 9.84. The molecule has 2 N–H and O–H groups in total. The van der Waals surface area contributed by atoms with Crippen LogP contribution in [0.1, 0.15) is 74.9 Å². The maximum absolute atomic E-state index is 10.6. The minimum Gasteiger partial charge on any atom is -0.507 e. The molecule has 4 heteroatoms. The quantitative estimate of drug-likeness (QED) is 0.481. The summed E-state index contributed by atoms with van der Waals surface area (Å²) >= 11 is 0. The van der Waals surface area contributed by atoms with Crippen LogP contribution in [0.25, 0.3) is 0 Å².